The standard InChI is InChI=1S/C8H5ClNO/c9-6-2-1-5-3-8(11)10-7(5)4-6/h1-2,4H,3H2. The molecule has 0 saturated heterocycles. The molecule has 1 aliphatic rings. The molecule has 1 heterocycles. The molecule has 0 bridgehead atoms. The first-order chi connectivity index (χ1) is 5.25. The van der Waals surface area contributed by atoms with Crippen molar-refractivity contribution in [2.75, 3.05) is 0 Å². The molecule has 2 rings (SSSR count). The summed E-state index contributed by atoms with van der Waals surface area (Å²) in [4.78, 5) is 10.8. The van der Waals surface area contributed by atoms with Gasteiger partial charge in [-0.25, -0.2) is 5.32 Å². The topological polar surface area (TPSA) is 31.2 Å². The van der Waals surface area contributed by atoms with Crippen LogP contribution in [0.25, 0.3) is 0 Å². The van der Waals surface area contributed by atoms with E-state index < -0.39 is 0 Å². The summed E-state index contributed by atoms with van der Waals surface area (Å²) in [7, 11) is 0. The van der Waals surface area contributed by atoms with E-state index in [1.165, 1.54) is 0 Å². The van der Waals surface area contributed by atoms with Crippen molar-refractivity contribution in [1.29, 1.82) is 0 Å². The number of hydrogen-bond donors (Lipinski definition) is 0. The summed E-state index contributed by atoms with van der Waals surface area (Å²) in [6.45, 7) is 0. The van der Waals surface area contributed by atoms with Crippen molar-refractivity contribution in [3.8, 4) is 0 Å². The number of halogens is 1. The van der Waals surface area contributed by atoms with Gasteiger partial charge in [0, 0.05) is 5.02 Å². The molecule has 3 heteroatoms. The van der Waals surface area contributed by atoms with Crippen molar-refractivity contribution < 1.29 is 4.79 Å². The van der Waals surface area contributed by atoms with Crippen LogP contribution in [0.2, 0.25) is 5.02 Å². The van der Waals surface area contributed by atoms with Gasteiger partial charge in [-0.1, -0.05) is 17.7 Å². The van der Waals surface area contributed by atoms with Crippen molar-refractivity contribution in [2.45, 2.75) is 6.42 Å². The number of amides is 1. The Morgan fingerprint density at radius 1 is 1.45 bits per heavy atom. The van der Waals surface area contributed by atoms with Crippen molar-refractivity contribution in [3.63, 3.8) is 0 Å². The van der Waals surface area contributed by atoms with E-state index in [2.05, 4.69) is 5.32 Å². The molecule has 2 nitrogen and oxygen atoms in total. The van der Waals surface area contributed by atoms with Crippen LogP contribution in [-0.4, -0.2) is 5.91 Å². The summed E-state index contributed by atoms with van der Waals surface area (Å²) in [6.07, 6.45) is 0.423. The van der Waals surface area contributed by atoms with Gasteiger partial charge in [0.1, 0.15) is 0 Å². The molecule has 0 aliphatic carbocycles. The number of rotatable bonds is 0. The van der Waals surface area contributed by atoms with Gasteiger partial charge in [-0.3, -0.25) is 4.79 Å². The van der Waals surface area contributed by atoms with Gasteiger partial charge in [-0.2, -0.15) is 0 Å². The number of benzene rings is 1. The zero-order chi connectivity index (χ0) is 7.84. The van der Waals surface area contributed by atoms with E-state index in [-0.39, 0.29) is 5.91 Å². The minimum Gasteiger partial charge on any atom is -0.272 e. The molecule has 1 aromatic carbocycles. The fourth-order valence-electron chi connectivity index (χ4n) is 1.13. The Hall–Kier alpha value is -1.02. The molecule has 55 valence electrons. The van der Waals surface area contributed by atoms with Crippen LogP contribution in [0, 0.1) is 0 Å². The maximum atomic E-state index is 10.8. The number of nitrogens with zero attached hydrogens (tertiary/aromatic N) is 1. The second kappa shape index (κ2) is 2.24. The maximum Gasteiger partial charge on any atom is 0.250 e. The first kappa shape index (κ1) is 6.68. The zero-order valence-corrected chi connectivity index (χ0v) is 6.43. The van der Waals surface area contributed by atoms with Gasteiger partial charge >= 0.3 is 0 Å². The maximum absolute atomic E-state index is 10.8. The normalized spacial score (nSPS) is 14.5. The Labute approximate surface area is 69.2 Å². The molecule has 0 saturated carbocycles. The van der Waals surface area contributed by atoms with Crippen LogP contribution < -0.4 is 5.32 Å². The quantitative estimate of drug-likeness (QED) is 0.577. The van der Waals surface area contributed by atoms with Crippen LogP contribution in [0.1, 0.15) is 5.56 Å². The Balaban J connectivity index is 2.51. The molecule has 0 atom stereocenters. The lowest BCUT2D eigenvalue weighted by molar-refractivity contribution is -0.118. The van der Waals surface area contributed by atoms with E-state index in [1.807, 2.05) is 6.07 Å². The highest BCUT2D eigenvalue weighted by Crippen LogP contribution is 2.25. The largest absolute Gasteiger partial charge is 0.272 e. The van der Waals surface area contributed by atoms with E-state index in [0.717, 1.165) is 11.3 Å². The Morgan fingerprint density at radius 2 is 2.27 bits per heavy atom. The third-order valence-corrected chi connectivity index (χ3v) is 1.87. The molecular formula is C8H5ClNO. The van der Waals surface area contributed by atoms with Crippen molar-refractivity contribution in [2.24, 2.45) is 0 Å². The summed E-state index contributed by atoms with van der Waals surface area (Å²) in [5.41, 5.74) is 1.70. The molecule has 0 aromatic heterocycles. The van der Waals surface area contributed by atoms with Crippen LogP contribution in [0.4, 0.5) is 5.69 Å². The van der Waals surface area contributed by atoms with Gasteiger partial charge in [-0.15, -0.1) is 0 Å². The minimum absolute atomic E-state index is 0.0812. The second-order valence-corrected chi connectivity index (χ2v) is 2.89. The average molecular weight is 167 g/mol. The van der Waals surface area contributed by atoms with Crippen LogP contribution >= 0.6 is 11.6 Å². The van der Waals surface area contributed by atoms with Gasteiger partial charge in [0.15, 0.2) is 0 Å². The van der Waals surface area contributed by atoms with Crippen LogP contribution in [0.5, 0.6) is 0 Å². The van der Waals surface area contributed by atoms with E-state index in [1.54, 1.807) is 12.1 Å². The minimum atomic E-state index is -0.0812. The molecule has 1 aromatic rings. The lowest BCUT2D eigenvalue weighted by Gasteiger charge is -1.94. The van der Waals surface area contributed by atoms with Crippen molar-refractivity contribution in [1.82, 2.24) is 5.32 Å². The smallest absolute Gasteiger partial charge is 0.250 e. The van der Waals surface area contributed by atoms with Gasteiger partial charge in [0.05, 0.1) is 12.1 Å². The van der Waals surface area contributed by atoms with Gasteiger partial charge in [0.2, 0.25) is 0 Å². The average Bonchev–Trinajstić information content (AvgIpc) is 2.27. The zero-order valence-electron chi connectivity index (χ0n) is 5.67. The first-order valence-corrected chi connectivity index (χ1v) is 3.66. The number of carbonyl (C=O) groups is 1. The number of fused-ring (bicyclic) bond motifs is 1. The monoisotopic (exact) mass is 166 g/mol. The lowest BCUT2D eigenvalue weighted by atomic mass is 10.2. The lowest BCUT2D eigenvalue weighted by Crippen LogP contribution is -2.02. The molecule has 1 aliphatic heterocycles. The summed E-state index contributed by atoms with van der Waals surface area (Å²) < 4.78 is 0. The van der Waals surface area contributed by atoms with Crippen LogP contribution in [0.15, 0.2) is 18.2 Å². The van der Waals surface area contributed by atoms with E-state index in [0.29, 0.717) is 11.4 Å². The third-order valence-electron chi connectivity index (χ3n) is 1.63. The van der Waals surface area contributed by atoms with E-state index in [9.17, 15) is 4.79 Å². The molecule has 0 unspecified atom stereocenters. The SMILES string of the molecule is O=C1Cc2ccc(Cl)cc2[N]1. The summed E-state index contributed by atoms with van der Waals surface area (Å²) >= 11 is 5.70. The highest BCUT2D eigenvalue weighted by Gasteiger charge is 2.18. The number of carbonyl (C=O) groups excluding carboxylic acids is 1. The molecule has 1 radical (unpaired) electrons. The second-order valence-electron chi connectivity index (χ2n) is 2.46. The van der Waals surface area contributed by atoms with Crippen molar-refractivity contribution >= 4 is 23.2 Å². The third kappa shape index (κ3) is 1.10. The molecule has 11 heavy (non-hydrogen) atoms. The Kier molecular flexibility index (Phi) is 1.36. The van der Waals surface area contributed by atoms with Crippen molar-refractivity contribution in [3.05, 3.63) is 28.8 Å². The summed E-state index contributed by atoms with van der Waals surface area (Å²) in [6, 6.07) is 5.32. The fourth-order valence-corrected chi connectivity index (χ4v) is 1.29. The Bertz CT molecular complexity index is 322. The highest BCUT2D eigenvalue weighted by atomic mass is 35.5. The van der Waals surface area contributed by atoms with Crippen LogP contribution in [-0.2, 0) is 11.2 Å². The van der Waals surface area contributed by atoms with Crippen LogP contribution in [0.3, 0.4) is 0 Å². The van der Waals surface area contributed by atoms with Gasteiger partial charge in [-0.05, 0) is 17.7 Å². The first-order valence-electron chi connectivity index (χ1n) is 3.29. The summed E-state index contributed by atoms with van der Waals surface area (Å²) in [5, 5.41) is 4.42. The van der Waals surface area contributed by atoms with E-state index >= 15 is 0 Å². The fraction of sp³-hybridized carbons (Fsp3) is 0.125. The van der Waals surface area contributed by atoms with E-state index in [4.69, 9.17) is 11.6 Å². The molecule has 0 N–H and O–H groups in total. The molecule has 1 amide bonds. The number of hydrogen-bond acceptors (Lipinski definition) is 1. The molecule has 0 fully saturated rings. The predicted octanol–water partition coefficient (Wildman–Crippen LogP) is 1.66. The summed E-state index contributed by atoms with van der Waals surface area (Å²) in [5.74, 6) is -0.0812. The van der Waals surface area contributed by atoms with Gasteiger partial charge in [0.25, 0.3) is 5.91 Å². The highest BCUT2D eigenvalue weighted by molar-refractivity contribution is 6.31. The molecular weight excluding hydrogens is 162 g/mol. The Morgan fingerprint density at radius 3 is 3.09 bits per heavy atom. The molecule has 0 spiro atoms. The van der Waals surface area contributed by atoms with Gasteiger partial charge < -0.3 is 0 Å². The predicted molar refractivity (Wildman–Crippen MR) is 42.0 cm³/mol.